The first-order valence-electron chi connectivity index (χ1n) is 3.54. The Morgan fingerprint density at radius 1 is 1.33 bits per heavy atom. The molecule has 0 amide bonds. The minimum absolute atomic E-state index is 0. The fourth-order valence-corrected chi connectivity index (χ4v) is 1.66. The zero-order valence-corrected chi connectivity index (χ0v) is 9.63. The van der Waals surface area contributed by atoms with Gasteiger partial charge in [0, 0.05) is 10.0 Å². The average molecular weight is 304 g/mol. The van der Waals surface area contributed by atoms with E-state index in [-0.39, 0.29) is 22.4 Å². The van der Waals surface area contributed by atoms with Crippen molar-refractivity contribution in [2.75, 3.05) is 0 Å². The lowest BCUT2D eigenvalue weighted by molar-refractivity contribution is -0.138. The van der Waals surface area contributed by atoms with Gasteiger partial charge in [0.25, 0.3) is 0 Å². The molecule has 1 aromatic rings. The lowest BCUT2D eigenvalue weighted by Crippen LogP contribution is -2.15. The predicted octanol–water partition coefficient (Wildman–Crippen LogP) is 3.17. The minimum Gasteiger partial charge on any atom is -0.384 e. The first-order chi connectivity index (χ1) is 6.34. The van der Waals surface area contributed by atoms with E-state index in [1.807, 2.05) is 0 Å². The minimum atomic E-state index is -4.44. The SMILES string of the molecule is Cl.N=C(N)c1cccc(C(F)(F)F)c1Br. The van der Waals surface area contributed by atoms with Crippen molar-refractivity contribution in [1.82, 2.24) is 0 Å². The van der Waals surface area contributed by atoms with Gasteiger partial charge in [-0.2, -0.15) is 13.2 Å². The molecular formula is C8H7BrClF3N2. The van der Waals surface area contributed by atoms with Crippen molar-refractivity contribution in [2.24, 2.45) is 5.73 Å². The Bertz CT molecular complexity index is 379. The Morgan fingerprint density at radius 2 is 1.87 bits per heavy atom. The smallest absolute Gasteiger partial charge is 0.384 e. The van der Waals surface area contributed by atoms with Crippen LogP contribution < -0.4 is 5.73 Å². The molecule has 0 saturated heterocycles. The molecule has 0 unspecified atom stereocenters. The van der Waals surface area contributed by atoms with Crippen molar-refractivity contribution in [1.29, 1.82) is 5.41 Å². The largest absolute Gasteiger partial charge is 0.417 e. The van der Waals surface area contributed by atoms with Gasteiger partial charge in [-0.25, -0.2) is 0 Å². The van der Waals surface area contributed by atoms with Crippen molar-refractivity contribution in [2.45, 2.75) is 6.18 Å². The van der Waals surface area contributed by atoms with Crippen LogP contribution in [0.4, 0.5) is 13.2 Å². The molecule has 15 heavy (non-hydrogen) atoms. The zero-order chi connectivity index (χ0) is 10.9. The summed E-state index contributed by atoms with van der Waals surface area (Å²) in [5.74, 6) is -0.400. The lowest BCUT2D eigenvalue weighted by Gasteiger charge is -2.11. The van der Waals surface area contributed by atoms with Gasteiger partial charge in [0.05, 0.1) is 5.56 Å². The summed E-state index contributed by atoms with van der Waals surface area (Å²) in [5, 5.41) is 7.06. The quantitative estimate of drug-likeness (QED) is 0.607. The summed E-state index contributed by atoms with van der Waals surface area (Å²) in [6.07, 6.45) is -4.44. The fourth-order valence-electron chi connectivity index (χ4n) is 0.959. The van der Waals surface area contributed by atoms with Crippen LogP contribution in [0.5, 0.6) is 0 Å². The first kappa shape index (κ1) is 14.2. The molecule has 0 saturated carbocycles. The van der Waals surface area contributed by atoms with Gasteiger partial charge >= 0.3 is 6.18 Å². The lowest BCUT2D eigenvalue weighted by atomic mass is 10.1. The summed E-state index contributed by atoms with van der Waals surface area (Å²) in [6.45, 7) is 0. The van der Waals surface area contributed by atoms with E-state index in [4.69, 9.17) is 11.1 Å². The average Bonchev–Trinajstić information content (AvgIpc) is 2.01. The zero-order valence-electron chi connectivity index (χ0n) is 7.23. The summed E-state index contributed by atoms with van der Waals surface area (Å²) in [5.41, 5.74) is 4.33. The molecule has 7 heteroatoms. The second kappa shape index (κ2) is 4.85. The molecule has 1 aromatic carbocycles. The van der Waals surface area contributed by atoms with Gasteiger partial charge < -0.3 is 5.73 Å². The Kier molecular flexibility index (Phi) is 4.61. The highest BCUT2D eigenvalue weighted by atomic mass is 79.9. The molecule has 0 aliphatic heterocycles. The molecule has 0 heterocycles. The van der Waals surface area contributed by atoms with E-state index in [0.29, 0.717) is 0 Å². The molecule has 3 N–H and O–H groups in total. The number of alkyl halides is 3. The van der Waals surface area contributed by atoms with Crippen molar-refractivity contribution in [3.05, 3.63) is 33.8 Å². The van der Waals surface area contributed by atoms with Gasteiger partial charge in [0.2, 0.25) is 0 Å². The van der Waals surface area contributed by atoms with Crippen molar-refractivity contribution in [3.8, 4) is 0 Å². The van der Waals surface area contributed by atoms with Crippen LogP contribution in [0.1, 0.15) is 11.1 Å². The molecule has 0 aliphatic rings. The van der Waals surface area contributed by atoms with Crippen LogP contribution in [0.25, 0.3) is 0 Å². The number of rotatable bonds is 1. The van der Waals surface area contributed by atoms with Crippen LogP contribution in [0.2, 0.25) is 0 Å². The topological polar surface area (TPSA) is 49.9 Å². The summed E-state index contributed by atoms with van der Waals surface area (Å²) >= 11 is 2.78. The van der Waals surface area contributed by atoms with Crippen LogP contribution in [0, 0.1) is 5.41 Å². The van der Waals surface area contributed by atoms with Crippen molar-refractivity contribution in [3.63, 3.8) is 0 Å². The van der Waals surface area contributed by atoms with Gasteiger partial charge in [0.15, 0.2) is 0 Å². The van der Waals surface area contributed by atoms with Crippen molar-refractivity contribution < 1.29 is 13.2 Å². The number of nitrogens with two attached hydrogens (primary N) is 1. The number of halogens is 5. The van der Waals surface area contributed by atoms with Crippen molar-refractivity contribution >= 4 is 34.2 Å². The molecule has 0 radical (unpaired) electrons. The maximum atomic E-state index is 12.4. The van der Waals surface area contributed by atoms with Crippen LogP contribution in [-0.4, -0.2) is 5.84 Å². The third-order valence-corrected chi connectivity index (χ3v) is 2.45. The Labute approximate surface area is 98.7 Å². The van der Waals surface area contributed by atoms with Crippen LogP contribution >= 0.6 is 28.3 Å². The van der Waals surface area contributed by atoms with E-state index in [9.17, 15) is 13.2 Å². The number of nitrogen functional groups attached to an aromatic ring is 1. The van der Waals surface area contributed by atoms with Crippen LogP contribution in [0.15, 0.2) is 22.7 Å². The monoisotopic (exact) mass is 302 g/mol. The summed E-state index contributed by atoms with van der Waals surface area (Å²) in [7, 11) is 0. The maximum absolute atomic E-state index is 12.4. The molecule has 0 aromatic heterocycles. The van der Waals surface area contributed by atoms with Gasteiger partial charge in [-0.15, -0.1) is 12.4 Å². The fraction of sp³-hybridized carbons (Fsp3) is 0.125. The number of hydrogen-bond acceptors (Lipinski definition) is 1. The highest BCUT2D eigenvalue weighted by Crippen LogP contribution is 2.36. The van der Waals surface area contributed by atoms with E-state index < -0.39 is 17.6 Å². The van der Waals surface area contributed by atoms with Crippen LogP contribution in [-0.2, 0) is 6.18 Å². The standard InChI is InChI=1S/C8H6BrF3N2.ClH/c9-6-4(7(13)14)2-1-3-5(6)8(10,11)12;/h1-3H,(H3,13,14);1H. The highest BCUT2D eigenvalue weighted by Gasteiger charge is 2.33. The first-order valence-corrected chi connectivity index (χ1v) is 4.33. The maximum Gasteiger partial charge on any atom is 0.417 e. The third-order valence-electron chi connectivity index (χ3n) is 1.59. The third kappa shape index (κ3) is 3.10. The summed E-state index contributed by atoms with van der Waals surface area (Å²) < 4.78 is 36.9. The molecule has 0 atom stereocenters. The molecule has 0 aliphatic carbocycles. The molecule has 0 spiro atoms. The predicted molar refractivity (Wildman–Crippen MR) is 57.4 cm³/mol. The second-order valence-electron chi connectivity index (χ2n) is 2.58. The van der Waals surface area contributed by atoms with Gasteiger partial charge in [-0.3, -0.25) is 5.41 Å². The summed E-state index contributed by atoms with van der Waals surface area (Å²) in [6, 6.07) is 3.49. The highest BCUT2D eigenvalue weighted by molar-refractivity contribution is 9.10. The van der Waals surface area contributed by atoms with E-state index in [1.165, 1.54) is 12.1 Å². The van der Waals surface area contributed by atoms with Gasteiger partial charge in [0.1, 0.15) is 5.84 Å². The Morgan fingerprint density at radius 3 is 2.27 bits per heavy atom. The molecule has 1 rings (SSSR count). The Balaban J connectivity index is 0.00000196. The molecule has 0 fully saturated rings. The molecule has 2 nitrogen and oxygen atoms in total. The molecule has 0 bridgehead atoms. The number of amidine groups is 1. The molecular weight excluding hydrogens is 296 g/mol. The van der Waals surface area contributed by atoms with Crippen LogP contribution in [0.3, 0.4) is 0 Å². The second-order valence-corrected chi connectivity index (χ2v) is 3.37. The van der Waals surface area contributed by atoms with Gasteiger partial charge in [-0.05, 0) is 22.0 Å². The normalized spacial score (nSPS) is 10.7. The molecule has 84 valence electrons. The number of hydrogen-bond donors (Lipinski definition) is 2. The van der Waals surface area contributed by atoms with E-state index >= 15 is 0 Å². The van der Waals surface area contributed by atoms with E-state index in [2.05, 4.69) is 15.9 Å². The van der Waals surface area contributed by atoms with Gasteiger partial charge in [-0.1, -0.05) is 12.1 Å². The Hall–Kier alpha value is -0.750. The number of nitrogens with one attached hydrogen (secondary N) is 1. The summed E-state index contributed by atoms with van der Waals surface area (Å²) in [4.78, 5) is 0. The van der Waals surface area contributed by atoms with E-state index in [0.717, 1.165) is 6.07 Å². The van der Waals surface area contributed by atoms with E-state index in [1.54, 1.807) is 0 Å². The number of benzene rings is 1.